The Bertz CT molecular complexity index is 62.2. The minimum atomic E-state index is -5.39. The van der Waals surface area contributed by atoms with Gasteiger partial charge in [-0.15, -0.1) is 0 Å². The Labute approximate surface area is 78.6 Å². The van der Waals surface area contributed by atoms with E-state index >= 15 is 0 Å². The maximum absolute atomic E-state index is 8.55. The van der Waals surface area contributed by atoms with E-state index in [1.54, 1.807) is 0 Å². The van der Waals surface area contributed by atoms with Crippen molar-refractivity contribution in [3.8, 4) is 0 Å². The van der Waals surface area contributed by atoms with E-state index in [0.29, 0.717) is 0 Å². The molecule has 0 unspecified atom stereocenters. The van der Waals surface area contributed by atoms with Crippen molar-refractivity contribution in [1.29, 1.82) is 0 Å². The van der Waals surface area contributed by atoms with Gasteiger partial charge < -0.3 is 19.2 Å². The smallest absolute Gasteiger partial charge is 0.822 e. The van der Waals surface area contributed by atoms with Gasteiger partial charge in [-0.25, -0.2) is 0 Å². The third kappa shape index (κ3) is 120. The van der Waals surface area contributed by atoms with Crippen LogP contribution in [0.3, 0.4) is 0 Å². The van der Waals surface area contributed by atoms with Crippen LogP contribution in [0.2, 0.25) is 0 Å². The van der Waals surface area contributed by atoms with Crippen LogP contribution in [0.25, 0.3) is 0 Å². The van der Waals surface area contributed by atoms with Crippen LogP contribution in [0.1, 0.15) is 0 Å². The zero-order valence-corrected chi connectivity index (χ0v) is 6.12. The molecule has 8 heavy (non-hydrogen) atoms. The summed E-state index contributed by atoms with van der Waals surface area (Å²) in [5, 5.41) is 0. The summed E-state index contributed by atoms with van der Waals surface area (Å²) in [4.78, 5) is 25.6. The Kier molecular flexibility index (Phi) is 24.6. The zero-order chi connectivity index (χ0) is 4.50. The van der Waals surface area contributed by atoms with Crippen LogP contribution >= 0.6 is 7.82 Å². The first-order chi connectivity index (χ1) is 2.00. The average molecular weight is 233 g/mol. The summed E-state index contributed by atoms with van der Waals surface area (Å²) in [5.74, 6) is 0. The third-order valence-electron chi connectivity index (χ3n) is 0. The molecule has 0 atom stereocenters. The van der Waals surface area contributed by atoms with Gasteiger partial charge in [0.1, 0.15) is 0 Å². The molecule has 0 aliphatic heterocycles. The van der Waals surface area contributed by atoms with Crippen LogP contribution in [-0.2, 0) is 39.0 Å². The fraction of sp³-hybridized carbons (Fsp3) is 0. The molecule has 1 radical (unpaired) electrons. The molecule has 8 heteroatoms. The Balaban J connectivity index is -0.0000000267. The molecular weight excluding hydrogens is 230 g/mol. The summed E-state index contributed by atoms with van der Waals surface area (Å²) in [6, 6.07) is 0. The Morgan fingerprint density at radius 3 is 1.12 bits per heavy atom. The summed E-state index contributed by atoms with van der Waals surface area (Å²) in [7, 11) is -5.39. The minimum Gasteiger partial charge on any atom is -0.822 e. The maximum atomic E-state index is 8.55. The van der Waals surface area contributed by atoms with Crippen molar-refractivity contribution in [1.82, 2.24) is 0 Å². The normalized spacial score (nSPS) is 7.38. The molecule has 0 spiro atoms. The van der Waals surface area contributed by atoms with Gasteiger partial charge in [-0.2, -0.15) is 7.82 Å². The number of rotatable bonds is 0. The molecule has 0 rings (SSSR count). The Morgan fingerprint density at radius 1 is 1.12 bits per heavy atom. The largest absolute Gasteiger partial charge is 3.00 e. The molecule has 0 N–H and O–H groups in total. The van der Waals surface area contributed by atoms with Crippen molar-refractivity contribution in [2.45, 2.75) is 0 Å². The molecule has 49 valence electrons. The van der Waals surface area contributed by atoms with Gasteiger partial charge in [0.15, 0.2) is 17.4 Å². The molecule has 0 aliphatic rings. The molecule has 0 aromatic heterocycles. The number of phosphoric acid groups is 1. The van der Waals surface area contributed by atoms with Crippen molar-refractivity contribution >= 4 is 25.2 Å². The first-order valence-corrected chi connectivity index (χ1v) is 2.19. The predicted octanol–water partition coefficient (Wildman–Crippen LogP) is -4.01. The molecule has 0 aliphatic carbocycles. The minimum absolute atomic E-state index is 0. The molecule has 0 saturated carbocycles. The molecule has 0 aromatic rings. The van der Waals surface area contributed by atoms with E-state index in [1.807, 2.05) is 0 Å². The summed E-state index contributed by atoms with van der Waals surface area (Å²) in [6.07, 6.45) is 0. The molecule has 0 saturated heterocycles. The third-order valence-corrected chi connectivity index (χ3v) is 0. The van der Waals surface area contributed by atoms with E-state index in [1.165, 1.54) is 0 Å². The second kappa shape index (κ2) is 8.69. The average Bonchev–Trinajstić information content (AvgIpc) is 0.722. The van der Waals surface area contributed by atoms with E-state index in [9.17, 15) is 0 Å². The van der Waals surface area contributed by atoms with Crippen molar-refractivity contribution < 1.29 is 53.7 Å². The van der Waals surface area contributed by atoms with Crippen molar-refractivity contribution in [2.24, 2.45) is 0 Å². The van der Waals surface area contributed by atoms with E-state index in [-0.39, 0.29) is 51.8 Å². The van der Waals surface area contributed by atoms with E-state index in [4.69, 9.17) is 19.2 Å². The summed E-state index contributed by atoms with van der Waals surface area (Å²) in [5.41, 5.74) is 0. The first kappa shape index (κ1) is 22.6. The standard InChI is InChI=1S/Al.Cr.Fe.H3O4P.3H/c;;;1-5(2,3)4;;;/h;;;(H3,1,2,3,4);;;/q;+3;;;;;/p-3. The van der Waals surface area contributed by atoms with Gasteiger partial charge in [0.25, 0.3) is 0 Å². The topological polar surface area (TPSA) is 86.2 Å². The molecule has 4 nitrogen and oxygen atoms in total. The van der Waals surface area contributed by atoms with Crippen molar-refractivity contribution in [3.05, 3.63) is 0 Å². The van der Waals surface area contributed by atoms with Gasteiger partial charge in [0, 0.05) is 17.1 Å². The van der Waals surface area contributed by atoms with Gasteiger partial charge in [0.2, 0.25) is 0 Å². The van der Waals surface area contributed by atoms with Gasteiger partial charge in [0.05, 0.1) is 0 Å². The summed E-state index contributed by atoms with van der Waals surface area (Å²) in [6.45, 7) is 0. The van der Waals surface area contributed by atoms with Crippen LogP contribution in [0.5, 0.6) is 0 Å². The summed E-state index contributed by atoms with van der Waals surface area (Å²) >= 11 is 0. The van der Waals surface area contributed by atoms with Crippen LogP contribution in [0.4, 0.5) is 0 Å². The molecule has 0 bridgehead atoms. The van der Waals surface area contributed by atoms with Crippen LogP contribution in [-0.4, -0.2) is 17.4 Å². The Hall–Kier alpha value is 1.69. The molecule has 0 amide bonds. The second-order valence-corrected chi connectivity index (χ2v) is 1.34. The first-order valence-electron chi connectivity index (χ1n) is 0.730. The van der Waals surface area contributed by atoms with Gasteiger partial charge in [-0.05, 0) is 0 Å². The van der Waals surface area contributed by atoms with Crippen LogP contribution in [0.15, 0.2) is 0 Å². The predicted molar refractivity (Wildman–Crippen MR) is 17.5 cm³/mol. The van der Waals surface area contributed by atoms with E-state index in [0.717, 1.165) is 0 Å². The van der Waals surface area contributed by atoms with E-state index < -0.39 is 7.82 Å². The molecule has 0 heterocycles. The Morgan fingerprint density at radius 2 is 1.12 bits per heavy atom. The van der Waals surface area contributed by atoms with Crippen molar-refractivity contribution in [3.63, 3.8) is 0 Å². The van der Waals surface area contributed by atoms with Crippen molar-refractivity contribution in [2.75, 3.05) is 0 Å². The monoisotopic (exact) mass is 233 g/mol. The number of hydrogen-bond donors (Lipinski definition) is 0. The van der Waals surface area contributed by atoms with Gasteiger partial charge >= 0.3 is 17.4 Å². The van der Waals surface area contributed by atoms with Gasteiger partial charge in [-0.1, -0.05) is 0 Å². The molecule has 0 fully saturated rings. The fourth-order valence-electron chi connectivity index (χ4n) is 0. The maximum Gasteiger partial charge on any atom is 3.00 e. The second-order valence-electron chi connectivity index (χ2n) is 0.447. The number of hydrogen-bond acceptors (Lipinski definition) is 4. The van der Waals surface area contributed by atoms with Gasteiger partial charge in [-0.3, -0.25) is 0 Å². The molecular formula is H3AlCrFeO4P. The SMILES string of the molecule is O=P([O-])([O-])[O-].[AlH3].[Cr+3].[Fe]. The van der Waals surface area contributed by atoms with Crippen LogP contribution in [0, 0.1) is 0 Å². The quantitative estimate of drug-likeness (QED) is 0.315. The summed E-state index contributed by atoms with van der Waals surface area (Å²) < 4.78 is 8.55. The fourth-order valence-corrected chi connectivity index (χ4v) is 0. The van der Waals surface area contributed by atoms with E-state index in [2.05, 4.69) is 0 Å². The molecule has 0 aromatic carbocycles. The zero-order valence-electron chi connectivity index (χ0n) is 2.84. The van der Waals surface area contributed by atoms with Crippen LogP contribution < -0.4 is 14.7 Å².